The molecule has 0 radical (unpaired) electrons. The number of benzene rings is 1. The number of carbonyl (C=O) groups excluding carboxylic acids is 2. The van der Waals surface area contributed by atoms with Gasteiger partial charge in [-0.15, -0.1) is 0 Å². The second-order valence-corrected chi connectivity index (χ2v) is 6.78. The standard InChI is InChI=1S/C20H25NO5/c1-4-25-19(23)26-17-16(15-8-6-5-7-13(15)2)18(22)21-20(17)11-9-14(24-3)10-12-20/h5-8,14H,4,9-12H2,1-3H3,(H,21,22). The lowest BCUT2D eigenvalue weighted by Crippen LogP contribution is -2.49. The average molecular weight is 359 g/mol. The molecule has 1 aliphatic carbocycles. The van der Waals surface area contributed by atoms with Crippen molar-refractivity contribution in [3.8, 4) is 0 Å². The Bertz CT molecular complexity index is 731. The number of aryl methyl sites for hydroxylation is 1. The van der Waals surface area contributed by atoms with Crippen LogP contribution in [0.25, 0.3) is 5.57 Å². The summed E-state index contributed by atoms with van der Waals surface area (Å²) >= 11 is 0. The van der Waals surface area contributed by atoms with E-state index in [1.165, 1.54) is 0 Å². The third-order valence-corrected chi connectivity index (χ3v) is 5.22. The fourth-order valence-electron chi connectivity index (χ4n) is 3.83. The Morgan fingerprint density at radius 2 is 1.96 bits per heavy atom. The lowest BCUT2D eigenvalue weighted by molar-refractivity contribution is -0.116. The minimum Gasteiger partial charge on any atom is -0.434 e. The molecule has 3 rings (SSSR count). The van der Waals surface area contributed by atoms with Crippen molar-refractivity contribution >= 4 is 17.6 Å². The summed E-state index contributed by atoms with van der Waals surface area (Å²) in [5.74, 6) is 0.166. The zero-order valence-electron chi connectivity index (χ0n) is 15.5. The maximum absolute atomic E-state index is 12.9. The van der Waals surface area contributed by atoms with E-state index in [4.69, 9.17) is 14.2 Å². The van der Waals surface area contributed by atoms with Gasteiger partial charge in [0, 0.05) is 7.11 Å². The molecular formula is C20H25NO5. The molecule has 1 aliphatic heterocycles. The Labute approximate surface area is 153 Å². The van der Waals surface area contributed by atoms with Gasteiger partial charge in [-0.05, 0) is 50.7 Å². The van der Waals surface area contributed by atoms with Crippen molar-refractivity contribution in [1.82, 2.24) is 5.32 Å². The summed E-state index contributed by atoms with van der Waals surface area (Å²) < 4.78 is 16.0. The molecule has 1 spiro atoms. The molecule has 2 aliphatic rings. The molecule has 26 heavy (non-hydrogen) atoms. The van der Waals surface area contributed by atoms with Gasteiger partial charge in [0.25, 0.3) is 5.91 Å². The van der Waals surface area contributed by atoms with Gasteiger partial charge in [-0.2, -0.15) is 0 Å². The van der Waals surface area contributed by atoms with E-state index >= 15 is 0 Å². The first-order valence-electron chi connectivity index (χ1n) is 9.01. The predicted octanol–water partition coefficient (Wildman–Crippen LogP) is 3.34. The molecule has 0 unspecified atom stereocenters. The van der Waals surface area contributed by atoms with Gasteiger partial charge in [-0.1, -0.05) is 24.3 Å². The van der Waals surface area contributed by atoms with Gasteiger partial charge in [0.15, 0.2) is 0 Å². The second-order valence-electron chi connectivity index (χ2n) is 6.78. The van der Waals surface area contributed by atoms with Gasteiger partial charge in [-0.3, -0.25) is 4.79 Å². The number of amides is 1. The molecule has 1 aromatic carbocycles. The third-order valence-electron chi connectivity index (χ3n) is 5.22. The lowest BCUT2D eigenvalue weighted by Gasteiger charge is -2.37. The van der Waals surface area contributed by atoms with Gasteiger partial charge in [0.1, 0.15) is 5.76 Å². The molecular weight excluding hydrogens is 334 g/mol. The topological polar surface area (TPSA) is 73.9 Å². The third kappa shape index (κ3) is 3.33. The summed E-state index contributed by atoms with van der Waals surface area (Å²) in [7, 11) is 1.69. The largest absolute Gasteiger partial charge is 0.513 e. The summed E-state index contributed by atoms with van der Waals surface area (Å²) in [5, 5.41) is 3.09. The van der Waals surface area contributed by atoms with Crippen molar-refractivity contribution < 1.29 is 23.8 Å². The number of rotatable bonds is 4. The zero-order valence-corrected chi connectivity index (χ0v) is 15.5. The van der Waals surface area contributed by atoms with Crippen LogP contribution in [-0.4, -0.2) is 37.4 Å². The van der Waals surface area contributed by atoms with E-state index in [0.29, 0.717) is 24.2 Å². The summed E-state index contributed by atoms with van der Waals surface area (Å²) in [5.41, 5.74) is 1.46. The molecule has 0 aromatic heterocycles. The highest BCUT2D eigenvalue weighted by Crippen LogP contribution is 2.44. The molecule has 1 saturated carbocycles. The highest BCUT2D eigenvalue weighted by Gasteiger charge is 2.50. The number of hydrogen-bond acceptors (Lipinski definition) is 5. The summed E-state index contributed by atoms with van der Waals surface area (Å²) in [6, 6.07) is 7.60. The van der Waals surface area contributed by atoms with Crippen LogP contribution < -0.4 is 5.32 Å². The van der Waals surface area contributed by atoms with Crippen LogP contribution >= 0.6 is 0 Å². The predicted molar refractivity (Wildman–Crippen MR) is 96.3 cm³/mol. The van der Waals surface area contributed by atoms with E-state index in [2.05, 4.69) is 5.32 Å². The van der Waals surface area contributed by atoms with E-state index in [9.17, 15) is 9.59 Å². The maximum Gasteiger partial charge on any atom is 0.513 e. The number of hydrogen-bond donors (Lipinski definition) is 1. The molecule has 1 aromatic rings. The Morgan fingerprint density at radius 1 is 1.27 bits per heavy atom. The van der Waals surface area contributed by atoms with Crippen LogP contribution in [0.3, 0.4) is 0 Å². The molecule has 0 bridgehead atoms. The highest BCUT2D eigenvalue weighted by atomic mass is 16.7. The van der Waals surface area contributed by atoms with Gasteiger partial charge in [0.2, 0.25) is 0 Å². The van der Waals surface area contributed by atoms with Gasteiger partial charge < -0.3 is 19.5 Å². The van der Waals surface area contributed by atoms with E-state index < -0.39 is 11.7 Å². The van der Waals surface area contributed by atoms with Crippen LogP contribution in [0.4, 0.5) is 4.79 Å². The lowest BCUT2D eigenvalue weighted by atomic mass is 9.79. The van der Waals surface area contributed by atoms with Crippen LogP contribution in [0.5, 0.6) is 0 Å². The average Bonchev–Trinajstić information content (AvgIpc) is 2.88. The van der Waals surface area contributed by atoms with Crippen molar-refractivity contribution in [2.45, 2.75) is 51.2 Å². The number of nitrogens with one attached hydrogen (secondary N) is 1. The summed E-state index contributed by atoms with van der Waals surface area (Å²) in [4.78, 5) is 24.9. The molecule has 1 N–H and O–H groups in total. The van der Waals surface area contributed by atoms with Gasteiger partial charge >= 0.3 is 6.16 Å². The summed E-state index contributed by atoms with van der Waals surface area (Å²) in [6.45, 7) is 3.87. The Balaban J connectivity index is 2.05. The minimum absolute atomic E-state index is 0.156. The Kier molecular flexibility index (Phi) is 5.32. The van der Waals surface area contributed by atoms with Crippen molar-refractivity contribution in [1.29, 1.82) is 0 Å². The fraction of sp³-hybridized carbons (Fsp3) is 0.500. The maximum atomic E-state index is 12.9. The first-order chi connectivity index (χ1) is 12.5. The number of ether oxygens (including phenoxy) is 3. The zero-order chi connectivity index (χ0) is 18.7. The van der Waals surface area contributed by atoms with Crippen molar-refractivity contribution in [2.75, 3.05) is 13.7 Å². The molecule has 0 atom stereocenters. The highest BCUT2D eigenvalue weighted by molar-refractivity contribution is 6.23. The molecule has 1 amide bonds. The Morgan fingerprint density at radius 3 is 2.58 bits per heavy atom. The van der Waals surface area contributed by atoms with Crippen molar-refractivity contribution in [3.63, 3.8) is 0 Å². The fourth-order valence-corrected chi connectivity index (χ4v) is 3.83. The number of carbonyl (C=O) groups is 2. The monoisotopic (exact) mass is 359 g/mol. The molecule has 140 valence electrons. The van der Waals surface area contributed by atoms with Gasteiger partial charge in [0.05, 0.1) is 23.8 Å². The van der Waals surface area contributed by atoms with Crippen LogP contribution in [-0.2, 0) is 19.0 Å². The number of methoxy groups -OCH3 is 1. The van der Waals surface area contributed by atoms with Crippen molar-refractivity contribution in [3.05, 3.63) is 41.2 Å². The van der Waals surface area contributed by atoms with Gasteiger partial charge in [-0.25, -0.2) is 4.79 Å². The minimum atomic E-state index is -0.779. The normalized spacial score (nSPS) is 25.3. The van der Waals surface area contributed by atoms with Crippen LogP contribution in [0.1, 0.15) is 43.7 Å². The van der Waals surface area contributed by atoms with E-state index in [1.807, 2.05) is 31.2 Å². The molecule has 6 nitrogen and oxygen atoms in total. The molecule has 1 heterocycles. The molecule has 0 saturated heterocycles. The van der Waals surface area contributed by atoms with Crippen LogP contribution in [0, 0.1) is 6.92 Å². The SMILES string of the molecule is CCOC(=O)OC1=C(c2ccccc2C)C(=O)NC12CCC(OC)CC2. The molecule has 1 fully saturated rings. The first-order valence-corrected chi connectivity index (χ1v) is 9.01. The van der Waals surface area contributed by atoms with Crippen molar-refractivity contribution in [2.24, 2.45) is 0 Å². The molecule has 6 heteroatoms. The van der Waals surface area contributed by atoms with E-state index in [1.54, 1.807) is 14.0 Å². The smallest absolute Gasteiger partial charge is 0.434 e. The summed E-state index contributed by atoms with van der Waals surface area (Å²) in [6.07, 6.45) is 2.26. The quantitative estimate of drug-likeness (QED) is 0.835. The van der Waals surface area contributed by atoms with Crippen LogP contribution in [0.2, 0.25) is 0 Å². The van der Waals surface area contributed by atoms with E-state index in [0.717, 1.165) is 24.0 Å². The first kappa shape index (κ1) is 18.5. The van der Waals surface area contributed by atoms with Crippen LogP contribution in [0.15, 0.2) is 30.0 Å². The van der Waals surface area contributed by atoms with E-state index in [-0.39, 0.29) is 18.6 Å². The second kappa shape index (κ2) is 7.50. The Hall–Kier alpha value is -2.34.